The number of esters is 1. The molecule has 3 rings (SSSR count). The van der Waals surface area contributed by atoms with Gasteiger partial charge < -0.3 is 14.0 Å². The van der Waals surface area contributed by atoms with Gasteiger partial charge in [0.05, 0.1) is 22.4 Å². The average molecular weight is 405 g/mol. The first-order valence-electron chi connectivity index (χ1n) is 8.72. The summed E-state index contributed by atoms with van der Waals surface area (Å²) in [5, 5.41) is 3.84. The fourth-order valence-electron chi connectivity index (χ4n) is 2.73. The van der Waals surface area contributed by atoms with Gasteiger partial charge in [0.15, 0.2) is 0 Å². The molecule has 0 spiro atoms. The number of halogens is 3. The van der Waals surface area contributed by atoms with Crippen LogP contribution in [-0.2, 0) is 24.1 Å². The number of carbonyl (C=O) groups is 1. The Morgan fingerprint density at radius 2 is 1.83 bits per heavy atom. The normalized spacial score (nSPS) is 11.3. The van der Waals surface area contributed by atoms with Crippen molar-refractivity contribution < 1.29 is 32.0 Å². The number of rotatable bonds is 6. The predicted octanol–water partition coefficient (Wildman–Crippen LogP) is 5.25. The molecule has 0 aliphatic carbocycles. The second-order valence-electron chi connectivity index (χ2n) is 6.35. The molecule has 0 aliphatic rings. The van der Waals surface area contributed by atoms with Crippen LogP contribution in [0.1, 0.15) is 38.5 Å². The van der Waals surface area contributed by atoms with E-state index < -0.39 is 24.3 Å². The summed E-state index contributed by atoms with van der Waals surface area (Å²) in [5.41, 5.74) is 0.748. The highest BCUT2D eigenvalue weighted by molar-refractivity contribution is 5.89. The molecule has 0 saturated heterocycles. The molecule has 0 bridgehead atoms. The molecule has 1 heterocycles. The van der Waals surface area contributed by atoms with E-state index in [1.165, 1.54) is 30.3 Å². The summed E-state index contributed by atoms with van der Waals surface area (Å²) in [6, 6.07) is 11.2. The van der Waals surface area contributed by atoms with E-state index in [1.807, 2.05) is 0 Å². The van der Waals surface area contributed by atoms with Crippen LogP contribution in [0.25, 0.3) is 0 Å². The number of benzene rings is 2. The maximum Gasteiger partial charge on any atom is 0.416 e. The lowest BCUT2D eigenvalue weighted by Crippen LogP contribution is -2.12. The summed E-state index contributed by atoms with van der Waals surface area (Å²) in [6.45, 7) is 3.28. The molecule has 0 N–H and O–H groups in total. The number of aryl methyl sites for hydroxylation is 2. The van der Waals surface area contributed by atoms with Crippen LogP contribution in [0.4, 0.5) is 13.2 Å². The van der Waals surface area contributed by atoms with Gasteiger partial charge in [-0.05, 0) is 38.1 Å². The molecular weight excluding hydrogens is 387 g/mol. The predicted molar refractivity (Wildman–Crippen MR) is 97.3 cm³/mol. The highest BCUT2D eigenvalue weighted by atomic mass is 19.4. The van der Waals surface area contributed by atoms with E-state index in [-0.39, 0.29) is 17.7 Å². The number of carbonyl (C=O) groups excluding carboxylic acids is 1. The Labute approximate surface area is 165 Å². The van der Waals surface area contributed by atoms with Gasteiger partial charge in [0.1, 0.15) is 24.7 Å². The fourth-order valence-corrected chi connectivity index (χ4v) is 2.73. The summed E-state index contributed by atoms with van der Waals surface area (Å²) >= 11 is 0. The second kappa shape index (κ2) is 8.38. The third kappa shape index (κ3) is 4.96. The Morgan fingerprint density at radius 1 is 1.07 bits per heavy atom. The van der Waals surface area contributed by atoms with E-state index in [0.29, 0.717) is 17.2 Å². The van der Waals surface area contributed by atoms with Gasteiger partial charge in [-0.25, -0.2) is 4.79 Å². The standard InChI is InChI=1S/C21H18F3NO4/c1-13-18(14(2)29-25-13)12-27-17-8-5-7-15(10-17)20(26)28-11-16-6-3-4-9-19(16)21(22,23)24/h3-10H,11-12H2,1-2H3. The summed E-state index contributed by atoms with van der Waals surface area (Å²) in [7, 11) is 0. The van der Waals surface area contributed by atoms with Gasteiger partial charge in [-0.3, -0.25) is 0 Å². The molecular formula is C21H18F3NO4. The second-order valence-corrected chi connectivity index (χ2v) is 6.35. The number of alkyl halides is 3. The Morgan fingerprint density at radius 3 is 2.52 bits per heavy atom. The smallest absolute Gasteiger partial charge is 0.416 e. The van der Waals surface area contributed by atoms with Crippen molar-refractivity contribution in [2.75, 3.05) is 0 Å². The first-order valence-corrected chi connectivity index (χ1v) is 8.72. The lowest BCUT2D eigenvalue weighted by atomic mass is 10.1. The van der Waals surface area contributed by atoms with Crippen molar-refractivity contribution in [3.63, 3.8) is 0 Å². The van der Waals surface area contributed by atoms with Gasteiger partial charge in [0.25, 0.3) is 0 Å². The van der Waals surface area contributed by atoms with Crippen LogP contribution in [0.3, 0.4) is 0 Å². The van der Waals surface area contributed by atoms with Crippen molar-refractivity contribution in [1.29, 1.82) is 0 Å². The van der Waals surface area contributed by atoms with Crippen molar-refractivity contribution in [3.8, 4) is 5.75 Å². The fraction of sp³-hybridized carbons (Fsp3) is 0.238. The molecule has 152 valence electrons. The minimum atomic E-state index is -4.52. The quantitative estimate of drug-likeness (QED) is 0.525. The van der Waals surface area contributed by atoms with E-state index >= 15 is 0 Å². The van der Waals surface area contributed by atoms with Gasteiger partial charge in [-0.2, -0.15) is 13.2 Å². The first kappa shape index (κ1) is 20.4. The summed E-state index contributed by atoms with van der Waals surface area (Å²) in [6.07, 6.45) is -4.52. The highest BCUT2D eigenvalue weighted by Crippen LogP contribution is 2.32. The molecule has 0 aliphatic heterocycles. The van der Waals surface area contributed by atoms with Crippen molar-refractivity contribution in [2.24, 2.45) is 0 Å². The highest BCUT2D eigenvalue weighted by Gasteiger charge is 2.33. The number of nitrogens with zero attached hydrogens (tertiary/aromatic N) is 1. The average Bonchev–Trinajstić information content (AvgIpc) is 3.02. The molecule has 2 aromatic carbocycles. The largest absolute Gasteiger partial charge is 0.489 e. The van der Waals surface area contributed by atoms with E-state index in [0.717, 1.165) is 11.6 Å². The van der Waals surface area contributed by atoms with Crippen LogP contribution in [0.15, 0.2) is 53.1 Å². The summed E-state index contributed by atoms with van der Waals surface area (Å²) in [4.78, 5) is 12.3. The third-order valence-electron chi connectivity index (χ3n) is 4.32. The number of hydrogen-bond donors (Lipinski definition) is 0. The number of hydrogen-bond acceptors (Lipinski definition) is 5. The Balaban J connectivity index is 1.66. The molecule has 29 heavy (non-hydrogen) atoms. The van der Waals surface area contributed by atoms with Crippen molar-refractivity contribution in [2.45, 2.75) is 33.2 Å². The van der Waals surface area contributed by atoms with Crippen LogP contribution in [-0.4, -0.2) is 11.1 Å². The topological polar surface area (TPSA) is 61.6 Å². The number of aromatic nitrogens is 1. The Kier molecular flexibility index (Phi) is 5.91. The van der Waals surface area contributed by atoms with Crippen LogP contribution in [0.5, 0.6) is 5.75 Å². The van der Waals surface area contributed by atoms with Crippen LogP contribution >= 0.6 is 0 Å². The maximum absolute atomic E-state index is 13.0. The minimum absolute atomic E-state index is 0.112. The Hall–Kier alpha value is -3.29. The Bertz CT molecular complexity index is 992. The molecule has 0 atom stereocenters. The lowest BCUT2D eigenvalue weighted by Gasteiger charge is -2.13. The summed E-state index contributed by atoms with van der Waals surface area (Å²) in [5.74, 6) is 0.307. The van der Waals surface area contributed by atoms with Crippen LogP contribution in [0, 0.1) is 13.8 Å². The molecule has 0 fully saturated rings. The molecule has 0 amide bonds. The van der Waals surface area contributed by atoms with E-state index in [2.05, 4.69) is 5.16 Å². The molecule has 3 aromatic rings. The zero-order chi connectivity index (χ0) is 21.0. The van der Waals surface area contributed by atoms with Gasteiger partial charge in [0, 0.05) is 5.56 Å². The van der Waals surface area contributed by atoms with Gasteiger partial charge in [-0.15, -0.1) is 0 Å². The van der Waals surface area contributed by atoms with Gasteiger partial charge >= 0.3 is 12.1 Å². The summed E-state index contributed by atoms with van der Waals surface area (Å²) < 4.78 is 54.9. The SMILES string of the molecule is Cc1noc(C)c1COc1cccc(C(=O)OCc2ccccc2C(F)(F)F)c1. The number of ether oxygens (including phenoxy) is 2. The van der Waals surface area contributed by atoms with Crippen molar-refractivity contribution >= 4 is 5.97 Å². The maximum atomic E-state index is 13.0. The molecule has 5 nitrogen and oxygen atoms in total. The zero-order valence-corrected chi connectivity index (χ0v) is 15.7. The minimum Gasteiger partial charge on any atom is -0.489 e. The van der Waals surface area contributed by atoms with Crippen LogP contribution < -0.4 is 4.74 Å². The third-order valence-corrected chi connectivity index (χ3v) is 4.32. The molecule has 0 radical (unpaired) electrons. The van der Waals surface area contributed by atoms with Gasteiger partial charge in [-0.1, -0.05) is 29.4 Å². The first-order chi connectivity index (χ1) is 13.8. The van der Waals surface area contributed by atoms with Crippen LogP contribution in [0.2, 0.25) is 0 Å². The van der Waals surface area contributed by atoms with Gasteiger partial charge in [0.2, 0.25) is 0 Å². The zero-order valence-electron chi connectivity index (χ0n) is 15.7. The van der Waals surface area contributed by atoms with Crippen molar-refractivity contribution in [3.05, 3.63) is 82.2 Å². The van der Waals surface area contributed by atoms with E-state index in [1.54, 1.807) is 26.0 Å². The molecule has 8 heteroatoms. The molecule has 0 unspecified atom stereocenters. The lowest BCUT2D eigenvalue weighted by molar-refractivity contribution is -0.138. The van der Waals surface area contributed by atoms with Crippen molar-refractivity contribution in [1.82, 2.24) is 5.16 Å². The van der Waals surface area contributed by atoms with E-state index in [9.17, 15) is 18.0 Å². The van der Waals surface area contributed by atoms with E-state index in [4.69, 9.17) is 14.0 Å². The molecule has 0 saturated carbocycles. The monoisotopic (exact) mass is 405 g/mol. The molecule has 1 aromatic heterocycles.